The Bertz CT molecular complexity index is 914. The molecule has 0 aliphatic carbocycles. The fraction of sp³-hybridized carbons (Fsp3) is 0.304. The summed E-state index contributed by atoms with van der Waals surface area (Å²) in [6.45, 7) is 10.8. The fourth-order valence-corrected chi connectivity index (χ4v) is 2.86. The van der Waals surface area contributed by atoms with E-state index in [0.717, 1.165) is 5.69 Å². The van der Waals surface area contributed by atoms with Crippen LogP contribution in [0, 0.1) is 0 Å². The molecule has 0 atom stereocenters. The van der Waals surface area contributed by atoms with E-state index in [2.05, 4.69) is 57.2 Å². The van der Waals surface area contributed by atoms with Crippen molar-refractivity contribution in [3.63, 3.8) is 0 Å². The molecule has 0 bridgehead atoms. The van der Waals surface area contributed by atoms with E-state index in [1.807, 2.05) is 42.6 Å². The number of rotatable bonds is 4. The second kappa shape index (κ2) is 7.39. The van der Waals surface area contributed by atoms with Gasteiger partial charge in [0.15, 0.2) is 5.82 Å². The lowest BCUT2D eigenvalue weighted by Crippen LogP contribution is -2.14. The first-order valence-corrected chi connectivity index (χ1v) is 9.32. The quantitative estimate of drug-likeness (QED) is 0.662. The van der Waals surface area contributed by atoms with Gasteiger partial charge in [-0.05, 0) is 46.7 Å². The van der Waals surface area contributed by atoms with E-state index in [1.165, 1.54) is 11.1 Å². The number of aromatic nitrogens is 2. The van der Waals surface area contributed by atoms with E-state index in [0.29, 0.717) is 17.3 Å². The summed E-state index contributed by atoms with van der Waals surface area (Å²) in [5.74, 6) is 0.875. The first-order chi connectivity index (χ1) is 12.7. The van der Waals surface area contributed by atoms with Crippen molar-refractivity contribution in [3.8, 4) is 5.69 Å². The zero-order chi connectivity index (χ0) is 19.6. The van der Waals surface area contributed by atoms with Crippen molar-refractivity contribution in [3.05, 3.63) is 77.5 Å². The average Bonchev–Trinajstić information content (AvgIpc) is 3.09. The number of hydrogen-bond donors (Lipinski definition) is 1. The highest BCUT2D eigenvalue weighted by Gasteiger charge is 2.15. The van der Waals surface area contributed by atoms with Crippen LogP contribution in [-0.2, 0) is 5.41 Å². The minimum atomic E-state index is -0.157. The van der Waals surface area contributed by atoms with Crippen LogP contribution in [0.15, 0.2) is 60.8 Å². The van der Waals surface area contributed by atoms with E-state index in [1.54, 1.807) is 10.7 Å². The molecule has 140 valence electrons. The Balaban J connectivity index is 1.70. The molecule has 0 radical (unpaired) electrons. The van der Waals surface area contributed by atoms with E-state index in [9.17, 15) is 4.79 Å². The van der Waals surface area contributed by atoms with Crippen LogP contribution < -0.4 is 5.32 Å². The van der Waals surface area contributed by atoms with Crippen molar-refractivity contribution in [2.24, 2.45) is 0 Å². The highest BCUT2D eigenvalue weighted by molar-refractivity contribution is 6.03. The minimum Gasteiger partial charge on any atom is -0.305 e. The Kier molecular flexibility index (Phi) is 5.17. The van der Waals surface area contributed by atoms with Gasteiger partial charge in [0.2, 0.25) is 0 Å². The van der Waals surface area contributed by atoms with Gasteiger partial charge < -0.3 is 5.32 Å². The molecule has 0 fully saturated rings. The molecule has 1 heterocycles. The minimum absolute atomic E-state index is 0.0684. The SMILES string of the molecule is CC(C)c1ccc(-n2ccc(NC(=O)c3ccc(C(C)(C)C)cc3)n2)cc1. The lowest BCUT2D eigenvalue weighted by atomic mass is 9.87. The van der Waals surface area contributed by atoms with Gasteiger partial charge in [0, 0.05) is 17.8 Å². The van der Waals surface area contributed by atoms with E-state index < -0.39 is 0 Å². The Morgan fingerprint density at radius 2 is 1.59 bits per heavy atom. The van der Waals surface area contributed by atoms with Crippen molar-refractivity contribution in [1.82, 2.24) is 9.78 Å². The van der Waals surface area contributed by atoms with Crippen LogP contribution in [0.2, 0.25) is 0 Å². The third-order valence-corrected chi connectivity index (χ3v) is 4.67. The molecule has 1 N–H and O–H groups in total. The van der Waals surface area contributed by atoms with Crippen molar-refractivity contribution in [1.29, 1.82) is 0 Å². The van der Waals surface area contributed by atoms with Crippen LogP contribution >= 0.6 is 0 Å². The zero-order valence-electron chi connectivity index (χ0n) is 16.7. The van der Waals surface area contributed by atoms with Gasteiger partial charge in [-0.3, -0.25) is 4.79 Å². The number of benzene rings is 2. The van der Waals surface area contributed by atoms with Crippen molar-refractivity contribution < 1.29 is 4.79 Å². The lowest BCUT2D eigenvalue weighted by Gasteiger charge is -2.18. The number of carbonyl (C=O) groups is 1. The van der Waals surface area contributed by atoms with Crippen LogP contribution in [0.25, 0.3) is 5.69 Å². The Labute approximate surface area is 161 Å². The van der Waals surface area contributed by atoms with E-state index in [-0.39, 0.29) is 11.3 Å². The highest BCUT2D eigenvalue weighted by atomic mass is 16.1. The molecule has 2 aromatic carbocycles. The third kappa shape index (κ3) is 4.45. The molecule has 27 heavy (non-hydrogen) atoms. The third-order valence-electron chi connectivity index (χ3n) is 4.67. The molecule has 0 aliphatic heterocycles. The molecular weight excluding hydrogens is 334 g/mol. The van der Waals surface area contributed by atoms with Crippen LogP contribution in [0.3, 0.4) is 0 Å². The molecule has 4 nitrogen and oxygen atoms in total. The monoisotopic (exact) mass is 361 g/mol. The topological polar surface area (TPSA) is 46.9 Å². The van der Waals surface area contributed by atoms with Gasteiger partial charge in [-0.2, -0.15) is 5.10 Å². The molecule has 0 aliphatic rings. The Morgan fingerprint density at radius 1 is 0.963 bits per heavy atom. The summed E-state index contributed by atoms with van der Waals surface area (Å²) in [7, 11) is 0. The Hall–Kier alpha value is -2.88. The van der Waals surface area contributed by atoms with E-state index >= 15 is 0 Å². The maximum Gasteiger partial charge on any atom is 0.256 e. The molecule has 0 saturated heterocycles. The first kappa shape index (κ1) is 18.9. The van der Waals surface area contributed by atoms with Gasteiger partial charge in [0.05, 0.1) is 5.69 Å². The molecular formula is C23H27N3O. The standard InChI is InChI=1S/C23H27N3O/c1-16(2)17-8-12-20(13-9-17)26-15-14-21(25-26)24-22(27)18-6-10-19(11-7-18)23(3,4)5/h6-16H,1-5H3,(H,24,25,27). The van der Waals surface area contributed by atoms with Gasteiger partial charge in [-0.15, -0.1) is 0 Å². The van der Waals surface area contributed by atoms with Crippen molar-refractivity contribution in [2.45, 2.75) is 46.0 Å². The summed E-state index contributed by atoms with van der Waals surface area (Å²) in [6, 6.07) is 17.8. The second-order valence-corrected chi connectivity index (χ2v) is 8.17. The summed E-state index contributed by atoms with van der Waals surface area (Å²) < 4.78 is 1.77. The summed E-state index contributed by atoms with van der Waals surface area (Å²) in [6.07, 6.45) is 1.85. The molecule has 0 spiro atoms. The molecule has 3 aromatic rings. The maximum atomic E-state index is 12.5. The number of amides is 1. The summed E-state index contributed by atoms with van der Waals surface area (Å²) >= 11 is 0. The summed E-state index contributed by atoms with van der Waals surface area (Å²) in [5.41, 5.74) is 4.15. The maximum absolute atomic E-state index is 12.5. The Morgan fingerprint density at radius 3 is 2.15 bits per heavy atom. The number of nitrogens with one attached hydrogen (secondary N) is 1. The number of hydrogen-bond acceptors (Lipinski definition) is 2. The highest BCUT2D eigenvalue weighted by Crippen LogP contribution is 2.22. The fourth-order valence-electron chi connectivity index (χ4n) is 2.86. The largest absolute Gasteiger partial charge is 0.305 e. The van der Waals surface area contributed by atoms with Crippen LogP contribution in [0.4, 0.5) is 5.82 Å². The normalized spacial score (nSPS) is 11.6. The van der Waals surface area contributed by atoms with Crippen LogP contribution in [0.1, 0.15) is 62.0 Å². The van der Waals surface area contributed by atoms with Crippen molar-refractivity contribution >= 4 is 11.7 Å². The predicted molar refractivity (Wildman–Crippen MR) is 111 cm³/mol. The smallest absolute Gasteiger partial charge is 0.256 e. The predicted octanol–water partition coefficient (Wildman–Crippen LogP) is 5.55. The molecule has 1 amide bonds. The zero-order valence-corrected chi connectivity index (χ0v) is 16.7. The van der Waals surface area contributed by atoms with Gasteiger partial charge in [0.25, 0.3) is 5.91 Å². The van der Waals surface area contributed by atoms with Gasteiger partial charge in [-0.1, -0.05) is 58.9 Å². The molecule has 0 saturated carbocycles. The average molecular weight is 361 g/mol. The van der Waals surface area contributed by atoms with Gasteiger partial charge in [-0.25, -0.2) is 4.68 Å². The van der Waals surface area contributed by atoms with Crippen LogP contribution in [-0.4, -0.2) is 15.7 Å². The number of carbonyl (C=O) groups excluding carboxylic acids is 1. The van der Waals surface area contributed by atoms with Crippen molar-refractivity contribution in [2.75, 3.05) is 5.32 Å². The lowest BCUT2D eigenvalue weighted by molar-refractivity contribution is 0.102. The van der Waals surface area contributed by atoms with Gasteiger partial charge in [0.1, 0.15) is 0 Å². The van der Waals surface area contributed by atoms with Crippen LogP contribution in [0.5, 0.6) is 0 Å². The molecule has 0 unspecified atom stereocenters. The summed E-state index contributed by atoms with van der Waals surface area (Å²) in [4.78, 5) is 12.5. The number of anilines is 1. The molecule has 1 aromatic heterocycles. The number of nitrogens with zero attached hydrogens (tertiary/aromatic N) is 2. The molecule has 3 rings (SSSR count). The molecule has 4 heteroatoms. The van der Waals surface area contributed by atoms with Gasteiger partial charge >= 0.3 is 0 Å². The summed E-state index contributed by atoms with van der Waals surface area (Å²) in [5, 5.41) is 7.33. The van der Waals surface area contributed by atoms with E-state index in [4.69, 9.17) is 0 Å². The second-order valence-electron chi connectivity index (χ2n) is 8.17. The first-order valence-electron chi connectivity index (χ1n) is 9.32.